The van der Waals surface area contributed by atoms with Gasteiger partial charge >= 0.3 is 6.03 Å². The van der Waals surface area contributed by atoms with E-state index in [1.165, 1.54) is 16.9 Å². The van der Waals surface area contributed by atoms with Gasteiger partial charge in [-0.15, -0.1) is 11.3 Å². The lowest BCUT2D eigenvalue weighted by atomic mass is 10.1. The van der Waals surface area contributed by atoms with E-state index in [-0.39, 0.29) is 5.91 Å². The number of urea groups is 1. The number of hydrogen-bond donors (Lipinski definition) is 3. The first-order valence-corrected chi connectivity index (χ1v) is 8.85. The van der Waals surface area contributed by atoms with Crippen LogP contribution in [0.4, 0.5) is 9.93 Å². The topological polar surface area (TPSA) is 97.1 Å². The van der Waals surface area contributed by atoms with E-state index in [1.54, 1.807) is 24.3 Å². The largest absolute Gasteiger partial charge is 0.352 e. The number of nitrogens with one attached hydrogen (secondary N) is 2. The summed E-state index contributed by atoms with van der Waals surface area (Å²) in [4.78, 5) is 27.5. The Kier molecular flexibility index (Phi) is 5.28. The first-order chi connectivity index (χ1) is 12.5. The Morgan fingerprint density at radius 3 is 2.42 bits per heavy atom. The predicted molar refractivity (Wildman–Crippen MR) is 103 cm³/mol. The van der Waals surface area contributed by atoms with Crippen LogP contribution in [0.2, 0.25) is 0 Å². The molecule has 1 heterocycles. The van der Waals surface area contributed by atoms with Gasteiger partial charge in [0.1, 0.15) is 0 Å². The van der Waals surface area contributed by atoms with Crippen molar-refractivity contribution < 1.29 is 9.59 Å². The maximum atomic E-state index is 12.3. The summed E-state index contributed by atoms with van der Waals surface area (Å²) < 4.78 is 0. The number of aromatic nitrogens is 1. The van der Waals surface area contributed by atoms with Gasteiger partial charge in [-0.2, -0.15) is 0 Å². The summed E-state index contributed by atoms with van der Waals surface area (Å²) in [5.74, 6) is -0.232. The van der Waals surface area contributed by atoms with Gasteiger partial charge in [0.05, 0.1) is 5.69 Å². The molecule has 3 rings (SSSR count). The van der Waals surface area contributed by atoms with Crippen molar-refractivity contribution in [1.82, 2.24) is 10.3 Å². The average Bonchev–Trinajstić information content (AvgIpc) is 3.09. The molecule has 3 amide bonds. The van der Waals surface area contributed by atoms with Crippen LogP contribution in [-0.2, 0) is 6.54 Å². The van der Waals surface area contributed by atoms with E-state index in [0.717, 1.165) is 16.8 Å². The van der Waals surface area contributed by atoms with Crippen molar-refractivity contribution in [3.8, 4) is 11.3 Å². The third kappa shape index (κ3) is 4.46. The van der Waals surface area contributed by atoms with Gasteiger partial charge in [0.2, 0.25) is 0 Å². The standard InChI is InChI=1S/C19H18N4O2S/c1-12-2-6-14(7-3-12)16-11-26-19(22-16)23-17(24)15-8-4-13(5-9-15)10-21-18(20)25/h2-9,11H,10H2,1H3,(H3,20,21,25)(H,22,23,24). The molecule has 0 saturated carbocycles. The number of hydrogen-bond acceptors (Lipinski definition) is 4. The first-order valence-electron chi connectivity index (χ1n) is 7.97. The van der Waals surface area contributed by atoms with E-state index in [0.29, 0.717) is 17.2 Å². The number of anilines is 1. The fourth-order valence-corrected chi connectivity index (χ4v) is 3.04. The number of carbonyl (C=O) groups is 2. The van der Waals surface area contributed by atoms with E-state index in [2.05, 4.69) is 15.6 Å². The summed E-state index contributed by atoms with van der Waals surface area (Å²) in [7, 11) is 0. The molecule has 2 aromatic carbocycles. The van der Waals surface area contributed by atoms with E-state index in [1.807, 2.05) is 36.6 Å². The molecule has 0 aliphatic heterocycles. The minimum absolute atomic E-state index is 0.232. The van der Waals surface area contributed by atoms with Crippen LogP contribution in [0.5, 0.6) is 0 Å². The second kappa shape index (κ2) is 7.79. The number of rotatable bonds is 5. The number of nitrogens with two attached hydrogens (primary N) is 1. The molecule has 0 bridgehead atoms. The van der Waals surface area contributed by atoms with E-state index in [4.69, 9.17) is 5.73 Å². The van der Waals surface area contributed by atoms with Crippen molar-refractivity contribution in [2.45, 2.75) is 13.5 Å². The summed E-state index contributed by atoms with van der Waals surface area (Å²) in [6.07, 6.45) is 0. The smallest absolute Gasteiger partial charge is 0.312 e. The van der Waals surface area contributed by atoms with Crippen molar-refractivity contribution >= 4 is 28.4 Å². The third-order valence-corrected chi connectivity index (χ3v) is 4.51. The molecule has 0 saturated heterocycles. The molecule has 0 unspecified atom stereocenters. The highest BCUT2D eigenvalue weighted by Gasteiger charge is 2.10. The van der Waals surface area contributed by atoms with Crippen LogP contribution in [0.1, 0.15) is 21.5 Å². The summed E-state index contributed by atoms with van der Waals surface area (Å²) in [6.45, 7) is 2.36. The normalized spacial score (nSPS) is 10.3. The van der Waals surface area contributed by atoms with Crippen molar-refractivity contribution in [1.29, 1.82) is 0 Å². The Bertz CT molecular complexity index is 917. The molecule has 26 heavy (non-hydrogen) atoms. The Hall–Kier alpha value is -3.19. The first kappa shape index (κ1) is 17.6. The number of benzene rings is 2. The van der Waals surface area contributed by atoms with Crippen LogP contribution in [-0.4, -0.2) is 16.9 Å². The maximum Gasteiger partial charge on any atom is 0.312 e. The van der Waals surface area contributed by atoms with Crippen LogP contribution in [0, 0.1) is 6.92 Å². The Morgan fingerprint density at radius 1 is 1.08 bits per heavy atom. The molecule has 0 atom stereocenters. The van der Waals surface area contributed by atoms with Gasteiger partial charge in [-0.1, -0.05) is 42.0 Å². The average molecular weight is 366 g/mol. The predicted octanol–water partition coefficient (Wildman–Crippen LogP) is 3.54. The highest BCUT2D eigenvalue weighted by molar-refractivity contribution is 7.14. The van der Waals surface area contributed by atoms with E-state index >= 15 is 0 Å². The lowest BCUT2D eigenvalue weighted by Crippen LogP contribution is -2.28. The fraction of sp³-hybridized carbons (Fsp3) is 0.105. The highest BCUT2D eigenvalue weighted by Crippen LogP contribution is 2.25. The Balaban J connectivity index is 1.64. The SMILES string of the molecule is Cc1ccc(-c2csc(NC(=O)c3ccc(CNC(N)=O)cc3)n2)cc1. The molecule has 7 heteroatoms. The number of aryl methyl sites for hydroxylation is 1. The van der Waals surface area contributed by atoms with Crippen molar-refractivity contribution in [3.05, 3.63) is 70.6 Å². The molecule has 0 aliphatic carbocycles. The minimum atomic E-state index is -0.583. The van der Waals surface area contributed by atoms with Crippen molar-refractivity contribution in [3.63, 3.8) is 0 Å². The van der Waals surface area contributed by atoms with Crippen molar-refractivity contribution in [2.75, 3.05) is 5.32 Å². The zero-order valence-electron chi connectivity index (χ0n) is 14.2. The molecule has 0 spiro atoms. The van der Waals surface area contributed by atoms with Crippen LogP contribution in [0.15, 0.2) is 53.9 Å². The maximum absolute atomic E-state index is 12.3. The van der Waals surface area contributed by atoms with Gasteiger partial charge in [-0.05, 0) is 24.6 Å². The van der Waals surface area contributed by atoms with Crippen LogP contribution >= 0.6 is 11.3 Å². The lowest BCUT2D eigenvalue weighted by molar-refractivity contribution is 0.102. The number of nitrogens with zero attached hydrogens (tertiary/aromatic N) is 1. The van der Waals surface area contributed by atoms with Crippen molar-refractivity contribution in [2.24, 2.45) is 5.73 Å². The summed E-state index contributed by atoms with van der Waals surface area (Å²) in [5, 5.41) is 7.77. The molecule has 0 fully saturated rings. The lowest BCUT2D eigenvalue weighted by Gasteiger charge is -2.05. The second-order valence-electron chi connectivity index (χ2n) is 5.77. The molecule has 6 nitrogen and oxygen atoms in total. The van der Waals surface area contributed by atoms with Gasteiger partial charge in [-0.25, -0.2) is 9.78 Å². The highest BCUT2D eigenvalue weighted by atomic mass is 32.1. The number of amides is 3. The zero-order valence-corrected chi connectivity index (χ0v) is 15.0. The monoisotopic (exact) mass is 366 g/mol. The molecule has 0 aliphatic rings. The summed E-state index contributed by atoms with van der Waals surface area (Å²) in [6, 6.07) is 14.4. The number of primary amides is 1. The quantitative estimate of drug-likeness (QED) is 0.644. The molecule has 1 aromatic heterocycles. The second-order valence-corrected chi connectivity index (χ2v) is 6.63. The van der Waals surface area contributed by atoms with Gasteiger partial charge < -0.3 is 11.1 Å². The van der Waals surface area contributed by atoms with Gasteiger partial charge in [0.25, 0.3) is 5.91 Å². The molecule has 132 valence electrons. The molecular formula is C19H18N4O2S. The fourth-order valence-electron chi connectivity index (χ4n) is 2.32. The van der Waals surface area contributed by atoms with Crippen LogP contribution in [0.3, 0.4) is 0 Å². The van der Waals surface area contributed by atoms with Gasteiger partial charge in [0, 0.05) is 23.1 Å². The number of carbonyl (C=O) groups excluding carboxylic acids is 2. The molecule has 3 aromatic rings. The summed E-state index contributed by atoms with van der Waals surface area (Å²) >= 11 is 1.38. The van der Waals surface area contributed by atoms with Crippen LogP contribution in [0.25, 0.3) is 11.3 Å². The minimum Gasteiger partial charge on any atom is -0.352 e. The zero-order chi connectivity index (χ0) is 18.5. The third-order valence-electron chi connectivity index (χ3n) is 3.75. The van der Waals surface area contributed by atoms with Gasteiger partial charge in [-0.3, -0.25) is 10.1 Å². The van der Waals surface area contributed by atoms with Gasteiger partial charge in [0.15, 0.2) is 5.13 Å². The Labute approximate surface area is 155 Å². The molecular weight excluding hydrogens is 348 g/mol. The van der Waals surface area contributed by atoms with E-state index < -0.39 is 6.03 Å². The number of thiazole rings is 1. The Morgan fingerprint density at radius 2 is 1.77 bits per heavy atom. The van der Waals surface area contributed by atoms with E-state index in [9.17, 15) is 9.59 Å². The summed E-state index contributed by atoms with van der Waals surface area (Å²) in [5.41, 5.74) is 9.44. The van der Waals surface area contributed by atoms with Crippen LogP contribution < -0.4 is 16.4 Å². The molecule has 0 radical (unpaired) electrons. The molecule has 4 N–H and O–H groups in total.